The van der Waals surface area contributed by atoms with Crippen molar-refractivity contribution in [2.75, 3.05) is 26.4 Å². The summed E-state index contributed by atoms with van der Waals surface area (Å²) in [6, 6.07) is 2.93. The third-order valence-electron chi connectivity index (χ3n) is 6.15. The molecule has 0 saturated carbocycles. The highest BCUT2D eigenvalue weighted by Crippen LogP contribution is 2.23. The van der Waals surface area contributed by atoms with Gasteiger partial charge in [-0.3, -0.25) is 0 Å². The lowest BCUT2D eigenvalue weighted by molar-refractivity contribution is 0.0442. The Labute approximate surface area is 244 Å². The molecule has 3 rings (SSSR count). The summed E-state index contributed by atoms with van der Waals surface area (Å²) < 4.78 is 21.2. The summed E-state index contributed by atoms with van der Waals surface area (Å²) in [7, 11) is 0. The molecule has 12 nitrogen and oxygen atoms in total. The summed E-state index contributed by atoms with van der Waals surface area (Å²) in [4.78, 5) is 69.2. The van der Waals surface area contributed by atoms with E-state index in [1.54, 1.807) is 0 Å². The normalized spacial score (nSPS) is 11.0. The molecule has 3 aromatic rings. The average molecular weight is 583 g/mol. The summed E-state index contributed by atoms with van der Waals surface area (Å²) >= 11 is 0. The van der Waals surface area contributed by atoms with Gasteiger partial charge in [0, 0.05) is 0 Å². The van der Waals surface area contributed by atoms with E-state index in [1.165, 1.54) is 12.1 Å². The fraction of sp³-hybridized carbons (Fsp3) is 0.533. The number of hydrogen-bond acceptors (Lipinski definition) is 12. The molecule has 2 aromatic heterocycles. The predicted octanol–water partition coefficient (Wildman–Crippen LogP) is 5.40. The van der Waals surface area contributed by atoms with Crippen molar-refractivity contribution >= 4 is 45.9 Å². The van der Waals surface area contributed by atoms with E-state index in [0.717, 1.165) is 25.7 Å². The highest BCUT2D eigenvalue weighted by atomic mass is 16.5. The first kappa shape index (κ1) is 32.3. The standard InChI is InChI=1S/C30H38N4O8/c1-5-9-13-39-27(35)23-24(28(36)40-14-10-6-2)32-20-18-22-21(17-19(20)31-23)33-25(29(37)41-15-11-7-3)26(34-22)30(38)42-16-12-8-4/h17-18H,5-16H2,1-4H3. The number of fused-ring (bicyclic) bond motifs is 2. The zero-order chi connectivity index (χ0) is 30.5. The highest BCUT2D eigenvalue weighted by molar-refractivity contribution is 6.05. The molecule has 0 radical (unpaired) electrons. The molecule has 0 unspecified atom stereocenters. The van der Waals surface area contributed by atoms with Crippen molar-refractivity contribution in [3.63, 3.8) is 0 Å². The van der Waals surface area contributed by atoms with Crippen molar-refractivity contribution in [3.05, 3.63) is 34.9 Å². The molecule has 226 valence electrons. The zero-order valence-corrected chi connectivity index (χ0v) is 24.7. The number of carbonyl (C=O) groups excluding carboxylic acids is 4. The third kappa shape index (κ3) is 8.40. The number of rotatable bonds is 16. The van der Waals surface area contributed by atoms with Crippen LogP contribution in [-0.2, 0) is 18.9 Å². The van der Waals surface area contributed by atoms with Crippen molar-refractivity contribution < 1.29 is 38.1 Å². The van der Waals surface area contributed by atoms with Gasteiger partial charge < -0.3 is 18.9 Å². The Kier molecular flexibility index (Phi) is 12.5. The molecule has 12 heteroatoms. The van der Waals surface area contributed by atoms with E-state index in [1.807, 2.05) is 27.7 Å². The molecule has 2 heterocycles. The summed E-state index contributed by atoms with van der Waals surface area (Å²) in [6.07, 6.45) is 5.81. The number of carbonyl (C=O) groups is 4. The van der Waals surface area contributed by atoms with Crippen LogP contribution in [0.15, 0.2) is 12.1 Å². The largest absolute Gasteiger partial charge is 0.461 e. The first-order chi connectivity index (χ1) is 20.3. The van der Waals surface area contributed by atoms with E-state index in [2.05, 4.69) is 19.9 Å². The van der Waals surface area contributed by atoms with Crippen LogP contribution in [0.1, 0.15) is 121 Å². The van der Waals surface area contributed by atoms with Crippen molar-refractivity contribution in [3.8, 4) is 0 Å². The molecule has 0 spiro atoms. The van der Waals surface area contributed by atoms with Gasteiger partial charge in [0.05, 0.1) is 48.5 Å². The second-order valence-electron chi connectivity index (χ2n) is 9.63. The Hall–Kier alpha value is -4.22. The van der Waals surface area contributed by atoms with Crippen LogP contribution >= 0.6 is 0 Å². The number of esters is 4. The van der Waals surface area contributed by atoms with E-state index >= 15 is 0 Å². The SMILES string of the molecule is CCCCOC(=O)c1nc2cc3nc(C(=O)OCCCC)c(C(=O)OCCCC)nc3cc2nc1C(=O)OCCCC. The zero-order valence-electron chi connectivity index (χ0n) is 24.7. The number of nitrogens with zero attached hydrogens (tertiary/aromatic N) is 4. The molecule has 0 aliphatic heterocycles. The van der Waals surface area contributed by atoms with E-state index < -0.39 is 23.9 Å². The molecule has 0 fully saturated rings. The Morgan fingerprint density at radius 2 is 0.667 bits per heavy atom. The lowest BCUT2D eigenvalue weighted by Gasteiger charge is -2.12. The average Bonchev–Trinajstić information content (AvgIpc) is 2.99. The minimum atomic E-state index is -0.808. The lowest BCUT2D eigenvalue weighted by Crippen LogP contribution is -2.20. The minimum absolute atomic E-state index is 0.156. The molecule has 0 aliphatic rings. The van der Waals surface area contributed by atoms with Gasteiger partial charge in [-0.1, -0.05) is 53.4 Å². The Morgan fingerprint density at radius 1 is 0.452 bits per heavy atom. The number of hydrogen-bond donors (Lipinski definition) is 0. The lowest BCUT2D eigenvalue weighted by atomic mass is 10.2. The topological polar surface area (TPSA) is 157 Å². The van der Waals surface area contributed by atoms with Crippen LogP contribution in [0.3, 0.4) is 0 Å². The van der Waals surface area contributed by atoms with Crippen LogP contribution in [0.2, 0.25) is 0 Å². The van der Waals surface area contributed by atoms with Gasteiger partial charge in [0.25, 0.3) is 0 Å². The fourth-order valence-corrected chi connectivity index (χ4v) is 3.69. The predicted molar refractivity (Wildman–Crippen MR) is 153 cm³/mol. The van der Waals surface area contributed by atoms with Gasteiger partial charge in [0.2, 0.25) is 0 Å². The summed E-state index contributed by atoms with van der Waals surface area (Å²) in [5.41, 5.74) is -0.349. The molecule has 0 bridgehead atoms. The fourth-order valence-electron chi connectivity index (χ4n) is 3.69. The van der Waals surface area contributed by atoms with E-state index in [9.17, 15) is 19.2 Å². The van der Waals surface area contributed by atoms with Gasteiger partial charge >= 0.3 is 23.9 Å². The van der Waals surface area contributed by atoms with Gasteiger partial charge in [-0.25, -0.2) is 39.1 Å². The molecule has 1 aromatic carbocycles. The van der Waals surface area contributed by atoms with Crippen LogP contribution in [0, 0.1) is 0 Å². The smallest absolute Gasteiger partial charge is 0.359 e. The summed E-state index contributed by atoms with van der Waals surface area (Å²) in [5.74, 6) is -3.23. The van der Waals surface area contributed by atoms with Crippen molar-refractivity contribution in [1.29, 1.82) is 0 Å². The number of ether oxygens (including phenoxy) is 4. The van der Waals surface area contributed by atoms with Gasteiger partial charge in [-0.05, 0) is 37.8 Å². The molecular formula is C30H38N4O8. The van der Waals surface area contributed by atoms with E-state index in [4.69, 9.17) is 18.9 Å². The molecule has 0 atom stereocenters. The van der Waals surface area contributed by atoms with Crippen molar-refractivity contribution in [2.45, 2.75) is 79.1 Å². The first-order valence-electron chi connectivity index (χ1n) is 14.6. The van der Waals surface area contributed by atoms with Gasteiger partial charge in [0.15, 0.2) is 22.8 Å². The summed E-state index contributed by atoms with van der Waals surface area (Å²) in [5, 5.41) is 0. The minimum Gasteiger partial charge on any atom is -0.461 e. The quantitative estimate of drug-likeness (QED) is 0.0918. The van der Waals surface area contributed by atoms with Gasteiger partial charge in [0.1, 0.15) is 0 Å². The maximum absolute atomic E-state index is 12.9. The molecule has 42 heavy (non-hydrogen) atoms. The Morgan fingerprint density at radius 3 is 0.857 bits per heavy atom. The number of benzene rings is 1. The Balaban J connectivity index is 2.14. The molecule has 0 saturated heterocycles. The van der Waals surface area contributed by atoms with Gasteiger partial charge in [-0.15, -0.1) is 0 Å². The van der Waals surface area contributed by atoms with E-state index in [-0.39, 0.29) is 71.3 Å². The van der Waals surface area contributed by atoms with Crippen LogP contribution in [-0.4, -0.2) is 70.2 Å². The summed E-state index contributed by atoms with van der Waals surface area (Å²) in [6.45, 7) is 8.44. The van der Waals surface area contributed by atoms with Crippen molar-refractivity contribution in [1.82, 2.24) is 19.9 Å². The van der Waals surface area contributed by atoms with Crippen LogP contribution < -0.4 is 0 Å². The second kappa shape index (κ2) is 16.3. The maximum Gasteiger partial charge on any atom is 0.359 e. The van der Waals surface area contributed by atoms with Gasteiger partial charge in [-0.2, -0.15) is 0 Å². The number of aromatic nitrogens is 4. The van der Waals surface area contributed by atoms with Crippen LogP contribution in [0.4, 0.5) is 0 Å². The number of unbranched alkanes of at least 4 members (excludes halogenated alkanes) is 4. The molecular weight excluding hydrogens is 544 g/mol. The van der Waals surface area contributed by atoms with Crippen LogP contribution in [0.5, 0.6) is 0 Å². The third-order valence-corrected chi connectivity index (χ3v) is 6.15. The second-order valence-corrected chi connectivity index (χ2v) is 9.63. The van der Waals surface area contributed by atoms with Crippen molar-refractivity contribution in [2.24, 2.45) is 0 Å². The highest BCUT2D eigenvalue weighted by Gasteiger charge is 2.27. The van der Waals surface area contributed by atoms with E-state index in [0.29, 0.717) is 25.7 Å². The molecule has 0 amide bonds. The first-order valence-corrected chi connectivity index (χ1v) is 14.6. The molecule has 0 N–H and O–H groups in total. The Bertz CT molecular complexity index is 1220. The monoisotopic (exact) mass is 582 g/mol. The molecule has 0 aliphatic carbocycles. The maximum atomic E-state index is 12.9. The van der Waals surface area contributed by atoms with Crippen LogP contribution in [0.25, 0.3) is 22.1 Å².